The van der Waals surface area contributed by atoms with Crippen LogP contribution in [0.15, 0.2) is 41.4 Å². The molecule has 3 amide bonds. The van der Waals surface area contributed by atoms with Crippen LogP contribution in [-0.4, -0.2) is 28.2 Å². The van der Waals surface area contributed by atoms with Crippen LogP contribution in [0.1, 0.15) is 20.8 Å². The van der Waals surface area contributed by atoms with Crippen LogP contribution in [0.3, 0.4) is 0 Å². The van der Waals surface area contributed by atoms with Gasteiger partial charge in [0, 0.05) is 22.5 Å². The van der Waals surface area contributed by atoms with Crippen molar-refractivity contribution in [2.24, 2.45) is 0 Å². The summed E-state index contributed by atoms with van der Waals surface area (Å²) < 4.78 is 0. The van der Waals surface area contributed by atoms with E-state index in [9.17, 15) is 9.59 Å². The number of hydrogen-bond donors (Lipinski definition) is 2. The van der Waals surface area contributed by atoms with Crippen molar-refractivity contribution in [3.63, 3.8) is 0 Å². The van der Waals surface area contributed by atoms with E-state index < -0.39 is 6.03 Å². The lowest BCUT2D eigenvalue weighted by atomic mass is 10.2. The summed E-state index contributed by atoms with van der Waals surface area (Å²) in [7, 11) is 0. The van der Waals surface area contributed by atoms with Gasteiger partial charge in [0.25, 0.3) is 0 Å². The summed E-state index contributed by atoms with van der Waals surface area (Å²) >= 11 is 1.41. The number of aromatic nitrogens is 1. The Morgan fingerprint density at radius 1 is 1.14 bits per heavy atom. The SMILES string of the molecule is CC(C)NC(=O)NC(=O)[C@@H](C)Sc1ccnc2ccccc12. The molecule has 2 rings (SSSR count). The molecule has 0 saturated carbocycles. The number of nitrogens with one attached hydrogen (secondary N) is 2. The van der Waals surface area contributed by atoms with Crippen LogP contribution >= 0.6 is 11.8 Å². The number of amides is 3. The van der Waals surface area contributed by atoms with Crippen molar-refractivity contribution < 1.29 is 9.59 Å². The van der Waals surface area contributed by atoms with Gasteiger partial charge in [0.15, 0.2) is 0 Å². The zero-order valence-corrected chi connectivity index (χ0v) is 13.6. The first kappa shape index (κ1) is 16.3. The number of carbonyl (C=O) groups excluding carboxylic acids is 2. The van der Waals surface area contributed by atoms with Gasteiger partial charge in [0.05, 0.1) is 10.8 Å². The molecule has 0 saturated heterocycles. The molecule has 0 aliphatic heterocycles. The van der Waals surface area contributed by atoms with Crippen LogP contribution in [0.4, 0.5) is 4.79 Å². The van der Waals surface area contributed by atoms with E-state index in [0.717, 1.165) is 15.8 Å². The highest BCUT2D eigenvalue weighted by Gasteiger charge is 2.18. The summed E-state index contributed by atoms with van der Waals surface area (Å²) in [5.41, 5.74) is 0.887. The molecule has 1 atom stereocenters. The Hall–Kier alpha value is -2.08. The summed E-state index contributed by atoms with van der Waals surface area (Å²) in [6.45, 7) is 5.45. The second-order valence-corrected chi connectivity index (χ2v) is 6.59. The monoisotopic (exact) mass is 317 g/mol. The summed E-state index contributed by atoms with van der Waals surface area (Å²) in [4.78, 5) is 28.9. The van der Waals surface area contributed by atoms with E-state index in [-0.39, 0.29) is 17.2 Å². The minimum Gasteiger partial charge on any atom is -0.336 e. The Kier molecular flexibility index (Phi) is 5.38. The fourth-order valence-electron chi connectivity index (χ4n) is 1.93. The molecule has 5 nitrogen and oxygen atoms in total. The fraction of sp³-hybridized carbons (Fsp3) is 0.312. The third-order valence-electron chi connectivity index (χ3n) is 2.94. The Bertz CT molecular complexity index is 683. The maximum absolute atomic E-state index is 12.1. The molecule has 1 aromatic heterocycles. The molecule has 0 bridgehead atoms. The van der Waals surface area contributed by atoms with Gasteiger partial charge in [-0.2, -0.15) is 0 Å². The molecule has 116 valence electrons. The second kappa shape index (κ2) is 7.26. The number of thioether (sulfide) groups is 1. The van der Waals surface area contributed by atoms with Crippen LogP contribution < -0.4 is 10.6 Å². The topological polar surface area (TPSA) is 71.1 Å². The van der Waals surface area contributed by atoms with Crippen molar-refractivity contribution in [1.29, 1.82) is 0 Å². The van der Waals surface area contributed by atoms with E-state index in [1.807, 2.05) is 44.2 Å². The summed E-state index contributed by atoms with van der Waals surface area (Å²) in [5, 5.41) is 5.60. The molecule has 0 fully saturated rings. The number of urea groups is 1. The highest BCUT2D eigenvalue weighted by atomic mass is 32.2. The largest absolute Gasteiger partial charge is 0.336 e. The maximum atomic E-state index is 12.1. The summed E-state index contributed by atoms with van der Waals surface area (Å²) in [6, 6.07) is 9.17. The Morgan fingerprint density at radius 2 is 1.86 bits per heavy atom. The summed E-state index contributed by atoms with van der Waals surface area (Å²) in [6.07, 6.45) is 1.72. The molecule has 2 N–H and O–H groups in total. The van der Waals surface area contributed by atoms with Gasteiger partial charge in [-0.3, -0.25) is 15.1 Å². The molecule has 2 aromatic rings. The number of rotatable bonds is 4. The van der Waals surface area contributed by atoms with Gasteiger partial charge >= 0.3 is 6.03 Å². The molecule has 0 aliphatic carbocycles. The molecule has 22 heavy (non-hydrogen) atoms. The molecule has 1 aromatic carbocycles. The maximum Gasteiger partial charge on any atom is 0.321 e. The molecule has 0 radical (unpaired) electrons. The fourth-order valence-corrected chi connectivity index (χ4v) is 2.91. The number of nitrogens with zero attached hydrogens (tertiary/aromatic N) is 1. The first-order valence-electron chi connectivity index (χ1n) is 7.09. The first-order valence-corrected chi connectivity index (χ1v) is 7.97. The van der Waals surface area contributed by atoms with E-state index in [1.165, 1.54) is 11.8 Å². The summed E-state index contributed by atoms with van der Waals surface area (Å²) in [5.74, 6) is -0.316. The zero-order chi connectivity index (χ0) is 16.1. The van der Waals surface area contributed by atoms with Crippen molar-refractivity contribution in [2.45, 2.75) is 37.0 Å². The second-order valence-electron chi connectivity index (χ2n) is 5.20. The van der Waals surface area contributed by atoms with Crippen LogP contribution in [0.2, 0.25) is 0 Å². The predicted molar refractivity (Wildman–Crippen MR) is 88.9 cm³/mol. The lowest BCUT2D eigenvalue weighted by Gasteiger charge is -2.14. The molecule has 1 heterocycles. The van der Waals surface area contributed by atoms with Crippen molar-refractivity contribution in [2.75, 3.05) is 0 Å². The van der Waals surface area contributed by atoms with E-state index in [0.29, 0.717) is 0 Å². The Balaban J connectivity index is 2.06. The highest BCUT2D eigenvalue weighted by molar-refractivity contribution is 8.00. The molecular weight excluding hydrogens is 298 g/mol. The van der Waals surface area contributed by atoms with E-state index in [1.54, 1.807) is 13.1 Å². The van der Waals surface area contributed by atoms with Gasteiger partial charge in [-0.05, 0) is 32.9 Å². The minimum atomic E-state index is -0.466. The van der Waals surface area contributed by atoms with Crippen molar-refractivity contribution in [1.82, 2.24) is 15.6 Å². The predicted octanol–water partition coefficient (Wildman–Crippen LogP) is 2.95. The lowest BCUT2D eigenvalue weighted by Crippen LogP contribution is -2.45. The van der Waals surface area contributed by atoms with Gasteiger partial charge in [0.1, 0.15) is 0 Å². The van der Waals surface area contributed by atoms with Gasteiger partial charge in [0.2, 0.25) is 5.91 Å². The Labute approximate surface area is 133 Å². The van der Waals surface area contributed by atoms with Crippen LogP contribution in [-0.2, 0) is 4.79 Å². The van der Waals surface area contributed by atoms with Gasteiger partial charge in [-0.15, -0.1) is 11.8 Å². The van der Waals surface area contributed by atoms with E-state index in [4.69, 9.17) is 0 Å². The average Bonchev–Trinajstić information content (AvgIpc) is 2.46. The third-order valence-corrected chi connectivity index (χ3v) is 4.12. The molecular formula is C16H19N3O2S. The lowest BCUT2D eigenvalue weighted by molar-refractivity contribution is -0.119. The quantitative estimate of drug-likeness (QED) is 0.851. The minimum absolute atomic E-state index is 0.0140. The smallest absolute Gasteiger partial charge is 0.321 e. The van der Waals surface area contributed by atoms with Gasteiger partial charge < -0.3 is 5.32 Å². The number of para-hydroxylation sites is 1. The molecule has 0 aliphatic rings. The number of carbonyl (C=O) groups is 2. The number of imide groups is 1. The van der Waals surface area contributed by atoms with E-state index >= 15 is 0 Å². The Morgan fingerprint density at radius 3 is 2.59 bits per heavy atom. The van der Waals surface area contributed by atoms with Gasteiger partial charge in [-0.1, -0.05) is 18.2 Å². The van der Waals surface area contributed by atoms with Crippen molar-refractivity contribution in [3.05, 3.63) is 36.5 Å². The molecule has 0 spiro atoms. The molecule has 0 unspecified atom stereocenters. The third kappa shape index (κ3) is 4.21. The average molecular weight is 317 g/mol. The highest BCUT2D eigenvalue weighted by Crippen LogP contribution is 2.29. The van der Waals surface area contributed by atoms with Crippen molar-refractivity contribution in [3.8, 4) is 0 Å². The van der Waals surface area contributed by atoms with Crippen LogP contribution in [0, 0.1) is 0 Å². The number of hydrogen-bond acceptors (Lipinski definition) is 4. The van der Waals surface area contributed by atoms with Crippen molar-refractivity contribution >= 4 is 34.6 Å². The van der Waals surface area contributed by atoms with E-state index in [2.05, 4.69) is 15.6 Å². The van der Waals surface area contributed by atoms with Gasteiger partial charge in [-0.25, -0.2) is 4.79 Å². The first-order chi connectivity index (χ1) is 10.5. The number of pyridine rings is 1. The van der Waals surface area contributed by atoms with Crippen LogP contribution in [0.5, 0.6) is 0 Å². The van der Waals surface area contributed by atoms with Crippen LogP contribution in [0.25, 0.3) is 10.9 Å². The standard InChI is InChI=1S/C16H19N3O2S/c1-10(2)18-16(21)19-15(20)11(3)22-14-8-9-17-13-7-5-4-6-12(13)14/h4-11H,1-3H3,(H2,18,19,20,21)/t11-/m1/s1. The molecule has 6 heteroatoms. The number of fused-ring (bicyclic) bond motifs is 1. The zero-order valence-electron chi connectivity index (χ0n) is 12.8. The number of benzene rings is 1. The normalized spacial score (nSPS) is 12.2.